The van der Waals surface area contributed by atoms with Crippen molar-refractivity contribution in [2.75, 3.05) is 19.5 Å². The fraction of sp³-hybridized carbons (Fsp3) is 0.280. The first kappa shape index (κ1) is 18.7. The van der Waals surface area contributed by atoms with Crippen LogP contribution in [0.25, 0.3) is 10.9 Å². The van der Waals surface area contributed by atoms with Crippen molar-refractivity contribution >= 4 is 22.4 Å². The van der Waals surface area contributed by atoms with Crippen LogP contribution in [0.15, 0.2) is 53.7 Å². The fourth-order valence-corrected chi connectivity index (χ4v) is 4.75. The van der Waals surface area contributed by atoms with Crippen LogP contribution >= 0.6 is 0 Å². The number of carbonyl (C=O) groups is 1. The highest BCUT2D eigenvalue weighted by Gasteiger charge is 2.37. The summed E-state index contributed by atoms with van der Waals surface area (Å²) in [5, 5.41) is 4.62. The highest BCUT2D eigenvalue weighted by atomic mass is 16.5. The Labute approximate surface area is 175 Å². The molecule has 1 atom stereocenters. The Hall–Kier alpha value is -3.34. The van der Waals surface area contributed by atoms with Crippen molar-refractivity contribution in [3.8, 4) is 11.5 Å². The second-order valence-electron chi connectivity index (χ2n) is 7.88. The van der Waals surface area contributed by atoms with E-state index in [4.69, 9.17) is 14.5 Å². The molecule has 152 valence electrons. The molecule has 2 aliphatic rings. The monoisotopic (exact) mass is 400 g/mol. The number of rotatable bonds is 3. The summed E-state index contributed by atoms with van der Waals surface area (Å²) in [7, 11) is 3.30. The normalized spacial score (nSPS) is 18.0. The van der Waals surface area contributed by atoms with Gasteiger partial charge in [-0.25, -0.2) is 0 Å². The average molecular weight is 400 g/mol. The van der Waals surface area contributed by atoms with Crippen molar-refractivity contribution in [1.29, 1.82) is 0 Å². The third-order valence-electron chi connectivity index (χ3n) is 6.12. The first-order chi connectivity index (χ1) is 14.6. The molecule has 0 saturated carbocycles. The van der Waals surface area contributed by atoms with Crippen LogP contribution in [0.4, 0.5) is 5.69 Å². The van der Waals surface area contributed by atoms with Gasteiger partial charge in [0.05, 0.1) is 19.7 Å². The third kappa shape index (κ3) is 2.84. The Kier molecular flexibility index (Phi) is 4.46. The fourth-order valence-electron chi connectivity index (χ4n) is 4.75. The molecule has 0 spiro atoms. The van der Waals surface area contributed by atoms with Crippen LogP contribution in [0.5, 0.6) is 11.5 Å². The number of pyridine rings is 1. The summed E-state index contributed by atoms with van der Waals surface area (Å²) >= 11 is 0. The average Bonchev–Trinajstić information content (AvgIpc) is 2.77. The van der Waals surface area contributed by atoms with E-state index in [2.05, 4.69) is 17.4 Å². The van der Waals surface area contributed by atoms with Gasteiger partial charge < -0.3 is 14.8 Å². The lowest BCUT2D eigenvalue weighted by atomic mass is 9.74. The molecule has 0 bridgehead atoms. The molecule has 1 N–H and O–H groups in total. The molecule has 0 unspecified atom stereocenters. The van der Waals surface area contributed by atoms with Crippen LogP contribution < -0.4 is 14.8 Å². The molecule has 1 aromatic heterocycles. The Balaban J connectivity index is 1.83. The van der Waals surface area contributed by atoms with E-state index in [0.29, 0.717) is 6.42 Å². The van der Waals surface area contributed by atoms with Crippen LogP contribution in [0, 0.1) is 6.92 Å². The smallest absolute Gasteiger partial charge is 0.161 e. The van der Waals surface area contributed by atoms with Gasteiger partial charge in [-0.05, 0) is 49.6 Å². The molecule has 0 saturated heterocycles. The number of Topliss-reactive ketones (excluding diaryl/α,β-unsaturated/α-hetero) is 1. The summed E-state index contributed by atoms with van der Waals surface area (Å²) in [5.41, 5.74) is 6.86. The van der Waals surface area contributed by atoms with Gasteiger partial charge >= 0.3 is 0 Å². The molecule has 0 radical (unpaired) electrons. The number of methoxy groups -OCH3 is 2. The quantitative estimate of drug-likeness (QED) is 0.661. The molecule has 0 amide bonds. The number of benzene rings is 2. The van der Waals surface area contributed by atoms with Gasteiger partial charge in [0.1, 0.15) is 11.5 Å². The van der Waals surface area contributed by atoms with E-state index < -0.39 is 0 Å². The number of nitrogens with one attached hydrogen (secondary N) is 1. The van der Waals surface area contributed by atoms with Crippen LogP contribution in [-0.2, 0) is 4.79 Å². The summed E-state index contributed by atoms with van der Waals surface area (Å²) in [5.74, 6) is 1.44. The summed E-state index contributed by atoms with van der Waals surface area (Å²) in [4.78, 5) is 17.9. The predicted octanol–water partition coefficient (Wildman–Crippen LogP) is 5.12. The van der Waals surface area contributed by atoms with Gasteiger partial charge in [0.25, 0.3) is 0 Å². The number of hydrogen-bond acceptors (Lipinski definition) is 5. The minimum Gasteiger partial charge on any atom is -0.497 e. The number of allylic oxidation sites excluding steroid dienone is 2. The predicted molar refractivity (Wildman–Crippen MR) is 117 cm³/mol. The number of fused-ring (bicyclic) bond motifs is 3. The lowest BCUT2D eigenvalue weighted by Crippen LogP contribution is -2.27. The highest BCUT2D eigenvalue weighted by Crippen LogP contribution is 2.50. The van der Waals surface area contributed by atoms with Gasteiger partial charge in [0, 0.05) is 52.0 Å². The zero-order valence-corrected chi connectivity index (χ0v) is 17.4. The van der Waals surface area contributed by atoms with E-state index in [1.54, 1.807) is 14.2 Å². The van der Waals surface area contributed by atoms with E-state index in [-0.39, 0.29) is 11.7 Å². The summed E-state index contributed by atoms with van der Waals surface area (Å²) in [6.07, 6.45) is 2.33. The zero-order chi connectivity index (χ0) is 20.8. The lowest BCUT2D eigenvalue weighted by Gasteiger charge is -2.35. The molecule has 1 aliphatic carbocycles. The van der Waals surface area contributed by atoms with Crippen molar-refractivity contribution in [2.45, 2.75) is 32.1 Å². The van der Waals surface area contributed by atoms with Crippen molar-refractivity contribution in [3.05, 3.63) is 70.6 Å². The Morgan fingerprint density at radius 1 is 1.03 bits per heavy atom. The van der Waals surface area contributed by atoms with Crippen LogP contribution in [-0.4, -0.2) is 25.0 Å². The maximum atomic E-state index is 13.2. The first-order valence-electron chi connectivity index (χ1n) is 10.3. The van der Waals surface area contributed by atoms with Crippen molar-refractivity contribution in [1.82, 2.24) is 4.98 Å². The van der Waals surface area contributed by atoms with E-state index in [0.717, 1.165) is 69.0 Å². The van der Waals surface area contributed by atoms with Gasteiger partial charge in [-0.3, -0.25) is 9.78 Å². The molecule has 2 aromatic carbocycles. The number of carbonyl (C=O) groups excluding carboxylic acids is 1. The maximum absolute atomic E-state index is 13.2. The minimum absolute atomic E-state index is 0.203. The number of ether oxygens (including phenoxy) is 2. The summed E-state index contributed by atoms with van der Waals surface area (Å²) in [6, 6.07) is 14.1. The van der Waals surface area contributed by atoms with Gasteiger partial charge in [0.2, 0.25) is 0 Å². The second-order valence-corrected chi connectivity index (χ2v) is 7.88. The topological polar surface area (TPSA) is 60.5 Å². The van der Waals surface area contributed by atoms with Crippen LogP contribution in [0.1, 0.15) is 42.0 Å². The number of ketones is 1. The standard InChI is InChI=1S/C25H24N2O3/c1-14-7-9-16-18(26-14)11-12-20-23(16)24(25-19(27-20)5-4-6-21(25)28)17-10-8-15(29-2)13-22(17)30-3/h7-13,24,27H,4-6H2,1-3H3/t24-/m1/s1. The van der Waals surface area contributed by atoms with Crippen LogP contribution in [0.2, 0.25) is 0 Å². The minimum atomic E-state index is -0.210. The molecule has 5 rings (SSSR count). The van der Waals surface area contributed by atoms with Gasteiger partial charge in [-0.2, -0.15) is 0 Å². The Bertz CT molecular complexity index is 1210. The van der Waals surface area contributed by atoms with E-state index in [1.165, 1.54) is 0 Å². The van der Waals surface area contributed by atoms with Gasteiger partial charge in [-0.1, -0.05) is 12.1 Å². The Morgan fingerprint density at radius 2 is 1.90 bits per heavy atom. The van der Waals surface area contributed by atoms with Crippen molar-refractivity contribution in [2.24, 2.45) is 0 Å². The van der Waals surface area contributed by atoms with Crippen molar-refractivity contribution < 1.29 is 14.3 Å². The molecule has 5 nitrogen and oxygen atoms in total. The molecule has 1 aliphatic heterocycles. The Morgan fingerprint density at radius 3 is 2.70 bits per heavy atom. The van der Waals surface area contributed by atoms with Crippen LogP contribution in [0.3, 0.4) is 0 Å². The third-order valence-corrected chi connectivity index (χ3v) is 6.12. The number of anilines is 1. The molecular formula is C25H24N2O3. The van der Waals surface area contributed by atoms with Gasteiger partial charge in [0.15, 0.2) is 5.78 Å². The van der Waals surface area contributed by atoms with E-state index in [1.807, 2.05) is 37.3 Å². The lowest BCUT2D eigenvalue weighted by molar-refractivity contribution is -0.116. The van der Waals surface area contributed by atoms with E-state index >= 15 is 0 Å². The zero-order valence-electron chi connectivity index (χ0n) is 17.4. The molecule has 5 heteroatoms. The second kappa shape index (κ2) is 7.17. The summed E-state index contributed by atoms with van der Waals surface area (Å²) in [6.45, 7) is 1.99. The molecule has 3 aromatic rings. The number of hydrogen-bond donors (Lipinski definition) is 1. The van der Waals surface area contributed by atoms with Crippen molar-refractivity contribution in [3.63, 3.8) is 0 Å². The number of nitrogens with zero attached hydrogens (tertiary/aromatic N) is 1. The molecule has 30 heavy (non-hydrogen) atoms. The number of aryl methyl sites for hydroxylation is 1. The highest BCUT2D eigenvalue weighted by molar-refractivity contribution is 6.03. The van der Waals surface area contributed by atoms with E-state index in [9.17, 15) is 4.79 Å². The molecule has 2 heterocycles. The maximum Gasteiger partial charge on any atom is 0.161 e. The SMILES string of the molecule is COc1ccc([C@H]2C3=C(CCCC3=O)Nc3ccc4nc(C)ccc4c32)c(OC)c1. The molecule has 0 fully saturated rings. The number of aromatic nitrogens is 1. The van der Waals surface area contributed by atoms with Gasteiger partial charge in [-0.15, -0.1) is 0 Å². The first-order valence-corrected chi connectivity index (χ1v) is 10.3. The summed E-state index contributed by atoms with van der Waals surface area (Å²) < 4.78 is 11.2. The largest absolute Gasteiger partial charge is 0.497 e. The molecular weight excluding hydrogens is 376 g/mol.